The summed E-state index contributed by atoms with van der Waals surface area (Å²) in [6, 6.07) is 1.41. The molecule has 0 aliphatic carbocycles. The molecule has 0 aliphatic rings. The lowest BCUT2D eigenvalue weighted by molar-refractivity contribution is -0.276. The molecule has 0 aliphatic heterocycles. The van der Waals surface area contributed by atoms with Gasteiger partial charge in [0.25, 0.3) is 0 Å². The second-order valence-electron chi connectivity index (χ2n) is 3.79. The molecule has 0 fully saturated rings. The summed E-state index contributed by atoms with van der Waals surface area (Å²) >= 11 is 0. The van der Waals surface area contributed by atoms with Crippen LogP contribution in [0.2, 0.25) is 0 Å². The Morgan fingerprint density at radius 3 is 2.55 bits per heavy atom. The number of halogens is 3. The number of aryl methyl sites for hydroxylation is 1. The van der Waals surface area contributed by atoms with Crippen molar-refractivity contribution in [3.8, 4) is 11.8 Å². The molecule has 0 saturated heterocycles. The molecular formula is C12H14F3NO4. The van der Waals surface area contributed by atoms with E-state index in [1.807, 2.05) is 0 Å². The lowest BCUT2D eigenvalue weighted by atomic mass is 10.1. The zero-order valence-electron chi connectivity index (χ0n) is 11.2. The number of alkyl halides is 3. The van der Waals surface area contributed by atoms with Crippen LogP contribution in [0.25, 0.3) is 0 Å². The lowest BCUT2D eigenvalue weighted by Crippen LogP contribution is -2.20. The molecule has 1 aromatic heterocycles. The third-order valence-corrected chi connectivity index (χ3v) is 2.33. The molecule has 0 bridgehead atoms. The van der Waals surface area contributed by atoms with Crippen molar-refractivity contribution >= 4 is 5.97 Å². The minimum absolute atomic E-state index is 0.0153. The fourth-order valence-electron chi connectivity index (χ4n) is 1.51. The zero-order chi connectivity index (χ0) is 15.3. The van der Waals surface area contributed by atoms with E-state index in [-0.39, 0.29) is 24.5 Å². The largest absolute Gasteiger partial charge is 0.574 e. The Morgan fingerprint density at radius 1 is 1.40 bits per heavy atom. The molecule has 0 unspecified atom stereocenters. The first kappa shape index (κ1) is 16.1. The monoisotopic (exact) mass is 293 g/mol. The van der Waals surface area contributed by atoms with E-state index in [1.54, 1.807) is 6.92 Å². The first-order valence-electron chi connectivity index (χ1n) is 5.72. The number of rotatable bonds is 5. The van der Waals surface area contributed by atoms with Gasteiger partial charge in [-0.25, -0.2) is 0 Å². The maximum atomic E-state index is 12.4. The number of pyridine rings is 1. The van der Waals surface area contributed by atoms with Crippen LogP contribution in [-0.2, 0) is 16.0 Å². The fraction of sp³-hybridized carbons (Fsp3) is 0.500. The van der Waals surface area contributed by atoms with E-state index in [0.717, 1.165) is 0 Å². The third-order valence-electron chi connectivity index (χ3n) is 2.33. The van der Waals surface area contributed by atoms with Crippen molar-refractivity contribution < 1.29 is 32.2 Å². The molecule has 0 spiro atoms. The van der Waals surface area contributed by atoms with Gasteiger partial charge in [0.1, 0.15) is 0 Å². The molecule has 5 nitrogen and oxygen atoms in total. The average Bonchev–Trinajstić information content (AvgIpc) is 2.31. The number of methoxy groups -OCH3 is 1. The van der Waals surface area contributed by atoms with E-state index in [0.29, 0.717) is 5.56 Å². The average molecular weight is 293 g/mol. The van der Waals surface area contributed by atoms with Crippen LogP contribution in [0.3, 0.4) is 0 Å². The summed E-state index contributed by atoms with van der Waals surface area (Å²) in [5, 5.41) is 0. The number of esters is 1. The normalized spacial score (nSPS) is 11.1. The summed E-state index contributed by atoms with van der Waals surface area (Å²) in [6.07, 6.45) is -5.27. The van der Waals surface area contributed by atoms with Crippen LogP contribution in [0.1, 0.15) is 18.1 Å². The van der Waals surface area contributed by atoms with Gasteiger partial charge in [0, 0.05) is 11.6 Å². The highest BCUT2D eigenvalue weighted by molar-refractivity contribution is 5.74. The summed E-state index contributed by atoms with van der Waals surface area (Å²) in [5.41, 5.74) is 0.408. The Hall–Kier alpha value is -1.99. The van der Waals surface area contributed by atoms with Gasteiger partial charge in [0.05, 0.1) is 20.1 Å². The Kier molecular flexibility index (Phi) is 5.18. The molecule has 20 heavy (non-hydrogen) atoms. The molecule has 8 heteroatoms. The number of hydrogen-bond acceptors (Lipinski definition) is 5. The number of carbonyl (C=O) groups is 1. The predicted molar refractivity (Wildman–Crippen MR) is 62.5 cm³/mol. The topological polar surface area (TPSA) is 57.7 Å². The molecule has 0 aromatic carbocycles. The number of aromatic nitrogens is 1. The van der Waals surface area contributed by atoms with Crippen molar-refractivity contribution in [3.63, 3.8) is 0 Å². The van der Waals surface area contributed by atoms with Crippen LogP contribution in [-0.4, -0.2) is 31.0 Å². The molecule has 0 saturated carbocycles. The molecule has 0 radical (unpaired) electrons. The first-order chi connectivity index (χ1) is 9.26. The van der Waals surface area contributed by atoms with Crippen molar-refractivity contribution in [2.45, 2.75) is 26.6 Å². The standard InChI is InChI=1S/C12H14F3NO4/c1-4-19-10(17)6-8-7(2)5-9(18-3)16-11(8)20-12(13,14)15/h5H,4,6H2,1-3H3. The SMILES string of the molecule is CCOC(=O)Cc1c(C)cc(OC)nc1OC(F)(F)F. The molecule has 1 rings (SSSR count). The number of hydrogen-bond donors (Lipinski definition) is 0. The van der Waals surface area contributed by atoms with Gasteiger partial charge in [-0.05, 0) is 19.4 Å². The van der Waals surface area contributed by atoms with E-state index in [4.69, 9.17) is 9.47 Å². The zero-order valence-corrected chi connectivity index (χ0v) is 11.2. The summed E-state index contributed by atoms with van der Waals surface area (Å²) in [4.78, 5) is 15.0. The summed E-state index contributed by atoms with van der Waals surface area (Å²) in [7, 11) is 1.27. The molecular weight excluding hydrogens is 279 g/mol. The Labute approximate surface area is 113 Å². The van der Waals surface area contributed by atoms with Crippen molar-refractivity contribution in [1.82, 2.24) is 4.98 Å². The molecule has 112 valence electrons. The second-order valence-corrected chi connectivity index (χ2v) is 3.79. The Bertz CT molecular complexity index is 488. The third kappa shape index (κ3) is 4.60. The van der Waals surface area contributed by atoms with Gasteiger partial charge in [-0.2, -0.15) is 4.98 Å². The first-order valence-corrected chi connectivity index (χ1v) is 5.72. The number of ether oxygens (including phenoxy) is 3. The van der Waals surface area contributed by atoms with E-state index in [1.165, 1.54) is 20.1 Å². The quantitative estimate of drug-likeness (QED) is 0.780. The maximum absolute atomic E-state index is 12.4. The van der Waals surface area contributed by atoms with E-state index >= 15 is 0 Å². The molecule has 1 heterocycles. The minimum Gasteiger partial charge on any atom is -0.481 e. The highest BCUT2D eigenvalue weighted by Gasteiger charge is 2.34. The van der Waals surface area contributed by atoms with Gasteiger partial charge in [-0.3, -0.25) is 4.79 Å². The molecule has 0 amide bonds. The fourth-order valence-corrected chi connectivity index (χ4v) is 1.51. The van der Waals surface area contributed by atoms with Gasteiger partial charge >= 0.3 is 12.3 Å². The van der Waals surface area contributed by atoms with Gasteiger partial charge in [0.2, 0.25) is 11.8 Å². The number of carbonyl (C=O) groups excluding carboxylic acids is 1. The van der Waals surface area contributed by atoms with Crippen molar-refractivity contribution in [2.24, 2.45) is 0 Å². The Balaban J connectivity index is 3.15. The van der Waals surface area contributed by atoms with Crippen LogP contribution in [0.4, 0.5) is 13.2 Å². The molecule has 0 atom stereocenters. The van der Waals surface area contributed by atoms with Crippen LogP contribution in [0, 0.1) is 6.92 Å². The predicted octanol–water partition coefficient (Wildman–Crippen LogP) is 2.40. The van der Waals surface area contributed by atoms with Crippen molar-refractivity contribution in [3.05, 3.63) is 17.2 Å². The molecule has 0 N–H and O–H groups in total. The summed E-state index contributed by atoms with van der Waals surface area (Å²) < 4.78 is 50.4. The molecule has 1 aromatic rings. The van der Waals surface area contributed by atoms with Crippen LogP contribution in [0.15, 0.2) is 6.07 Å². The second kappa shape index (κ2) is 6.44. The smallest absolute Gasteiger partial charge is 0.481 e. The van der Waals surface area contributed by atoms with E-state index < -0.39 is 18.2 Å². The number of nitrogens with zero attached hydrogens (tertiary/aromatic N) is 1. The van der Waals surface area contributed by atoms with Gasteiger partial charge < -0.3 is 14.2 Å². The van der Waals surface area contributed by atoms with Crippen molar-refractivity contribution in [1.29, 1.82) is 0 Å². The van der Waals surface area contributed by atoms with Crippen LogP contribution >= 0.6 is 0 Å². The van der Waals surface area contributed by atoms with Crippen molar-refractivity contribution in [2.75, 3.05) is 13.7 Å². The van der Waals surface area contributed by atoms with E-state index in [9.17, 15) is 18.0 Å². The Morgan fingerprint density at radius 2 is 2.05 bits per heavy atom. The van der Waals surface area contributed by atoms with Crippen LogP contribution < -0.4 is 9.47 Å². The summed E-state index contributed by atoms with van der Waals surface area (Å²) in [6.45, 7) is 3.27. The van der Waals surface area contributed by atoms with Gasteiger partial charge in [-0.15, -0.1) is 13.2 Å². The lowest BCUT2D eigenvalue weighted by Gasteiger charge is -2.15. The minimum atomic E-state index is -4.91. The highest BCUT2D eigenvalue weighted by Crippen LogP contribution is 2.30. The van der Waals surface area contributed by atoms with Gasteiger partial charge in [-0.1, -0.05) is 0 Å². The van der Waals surface area contributed by atoms with E-state index in [2.05, 4.69) is 9.72 Å². The van der Waals surface area contributed by atoms with Gasteiger partial charge in [0.15, 0.2) is 0 Å². The van der Waals surface area contributed by atoms with Crippen LogP contribution in [0.5, 0.6) is 11.8 Å². The summed E-state index contributed by atoms with van der Waals surface area (Å²) in [5.74, 6) is -1.40. The highest BCUT2D eigenvalue weighted by atomic mass is 19.4. The maximum Gasteiger partial charge on any atom is 0.574 e.